The van der Waals surface area contributed by atoms with Gasteiger partial charge in [-0.15, -0.1) is 0 Å². The van der Waals surface area contributed by atoms with Crippen LogP contribution >= 0.6 is 0 Å². The van der Waals surface area contributed by atoms with Crippen LogP contribution in [0.2, 0.25) is 0 Å². The van der Waals surface area contributed by atoms with Crippen LogP contribution in [0.1, 0.15) is 30.1 Å². The third kappa shape index (κ3) is 3.54. The van der Waals surface area contributed by atoms with Crippen LogP contribution in [0.5, 0.6) is 0 Å². The Bertz CT molecular complexity index is 941. The number of ether oxygens (including phenoxy) is 1. The van der Waals surface area contributed by atoms with E-state index in [4.69, 9.17) is 9.26 Å². The van der Waals surface area contributed by atoms with Crippen LogP contribution in [0, 0.1) is 17.8 Å². The SMILES string of the molecule is C[C@H](O)c1nccn1Cc1cc(-c2ccc(C#CC3COC3)cc2)on1. The van der Waals surface area contributed by atoms with Crippen molar-refractivity contribution in [2.45, 2.75) is 19.6 Å². The third-order valence-electron chi connectivity index (χ3n) is 4.24. The molecule has 0 radical (unpaired) electrons. The predicted octanol–water partition coefficient (Wildman–Crippen LogP) is 2.64. The summed E-state index contributed by atoms with van der Waals surface area (Å²) in [5, 5.41) is 13.9. The number of benzene rings is 1. The van der Waals surface area contributed by atoms with Gasteiger partial charge in [0.05, 0.1) is 25.7 Å². The maximum Gasteiger partial charge on any atom is 0.167 e. The smallest absolute Gasteiger partial charge is 0.167 e. The van der Waals surface area contributed by atoms with Crippen molar-refractivity contribution in [2.24, 2.45) is 5.92 Å². The molecule has 1 fully saturated rings. The molecule has 0 aliphatic carbocycles. The van der Waals surface area contributed by atoms with E-state index in [-0.39, 0.29) is 0 Å². The Morgan fingerprint density at radius 1 is 1.31 bits per heavy atom. The Morgan fingerprint density at radius 2 is 2.12 bits per heavy atom. The van der Waals surface area contributed by atoms with Crippen LogP contribution < -0.4 is 0 Å². The second kappa shape index (κ2) is 7.16. The molecule has 6 heteroatoms. The molecule has 132 valence electrons. The number of nitrogens with zero attached hydrogens (tertiary/aromatic N) is 3. The van der Waals surface area contributed by atoms with Crippen molar-refractivity contribution in [2.75, 3.05) is 13.2 Å². The number of aromatic nitrogens is 3. The van der Waals surface area contributed by atoms with Crippen molar-refractivity contribution in [1.29, 1.82) is 0 Å². The fourth-order valence-electron chi connectivity index (χ4n) is 2.74. The highest BCUT2D eigenvalue weighted by atomic mass is 16.5. The van der Waals surface area contributed by atoms with Crippen molar-refractivity contribution in [3.63, 3.8) is 0 Å². The van der Waals surface area contributed by atoms with Crippen molar-refractivity contribution in [3.05, 3.63) is 59.8 Å². The summed E-state index contributed by atoms with van der Waals surface area (Å²) in [4.78, 5) is 4.16. The van der Waals surface area contributed by atoms with E-state index < -0.39 is 6.10 Å². The standard InChI is InChI=1S/C20H19N3O3/c1-14(24)20-21-8-9-23(20)11-18-10-19(26-22-18)17-6-4-15(5-7-17)2-3-16-12-25-13-16/h4-10,14,16,24H,11-13H2,1H3/t14-/m0/s1. The molecule has 1 atom stereocenters. The van der Waals surface area contributed by atoms with E-state index in [0.717, 1.165) is 30.0 Å². The van der Waals surface area contributed by atoms with Crippen molar-refractivity contribution < 1.29 is 14.4 Å². The van der Waals surface area contributed by atoms with Gasteiger partial charge in [0.15, 0.2) is 5.76 Å². The van der Waals surface area contributed by atoms with Gasteiger partial charge < -0.3 is 18.9 Å². The van der Waals surface area contributed by atoms with E-state index in [1.807, 2.05) is 41.1 Å². The lowest BCUT2D eigenvalue weighted by molar-refractivity contribution is -0.00300. The molecule has 1 aliphatic heterocycles. The molecule has 0 bridgehead atoms. The number of rotatable bonds is 4. The average Bonchev–Trinajstić information content (AvgIpc) is 3.24. The molecule has 26 heavy (non-hydrogen) atoms. The zero-order valence-corrected chi connectivity index (χ0v) is 14.4. The lowest BCUT2D eigenvalue weighted by Crippen LogP contribution is -2.25. The van der Waals surface area contributed by atoms with Crippen LogP contribution in [0.3, 0.4) is 0 Å². The van der Waals surface area contributed by atoms with Crippen molar-refractivity contribution >= 4 is 0 Å². The maximum atomic E-state index is 9.73. The van der Waals surface area contributed by atoms with Crippen LogP contribution in [-0.4, -0.2) is 33.0 Å². The fourth-order valence-corrected chi connectivity index (χ4v) is 2.74. The molecule has 2 aromatic heterocycles. The Labute approximate surface area is 151 Å². The number of aliphatic hydroxyl groups excluding tert-OH is 1. The largest absolute Gasteiger partial charge is 0.385 e. The van der Waals surface area contributed by atoms with Crippen molar-refractivity contribution in [1.82, 2.24) is 14.7 Å². The lowest BCUT2D eigenvalue weighted by atomic mass is 10.1. The van der Waals surface area contributed by atoms with Gasteiger partial charge in [0.25, 0.3) is 0 Å². The molecular formula is C20H19N3O3. The summed E-state index contributed by atoms with van der Waals surface area (Å²) >= 11 is 0. The number of hydrogen-bond acceptors (Lipinski definition) is 5. The summed E-state index contributed by atoms with van der Waals surface area (Å²) < 4.78 is 12.4. The molecule has 1 saturated heterocycles. The van der Waals surface area contributed by atoms with Gasteiger partial charge in [-0.05, 0) is 31.2 Å². The van der Waals surface area contributed by atoms with E-state index >= 15 is 0 Å². The summed E-state index contributed by atoms with van der Waals surface area (Å²) in [6.07, 6.45) is 2.85. The summed E-state index contributed by atoms with van der Waals surface area (Å²) in [6, 6.07) is 9.81. The predicted molar refractivity (Wildman–Crippen MR) is 95.1 cm³/mol. The molecule has 0 unspecified atom stereocenters. The summed E-state index contributed by atoms with van der Waals surface area (Å²) in [5.74, 6) is 8.03. The van der Waals surface area contributed by atoms with Gasteiger partial charge in [-0.25, -0.2) is 4.98 Å². The number of aliphatic hydroxyl groups is 1. The van der Waals surface area contributed by atoms with Crippen LogP contribution in [0.25, 0.3) is 11.3 Å². The van der Waals surface area contributed by atoms with Crippen LogP contribution in [0.4, 0.5) is 0 Å². The fraction of sp³-hybridized carbons (Fsp3) is 0.300. The Balaban J connectivity index is 1.47. The quantitative estimate of drug-likeness (QED) is 0.733. The Kier molecular flexibility index (Phi) is 4.57. The van der Waals surface area contributed by atoms with Gasteiger partial charge in [0.2, 0.25) is 0 Å². The molecule has 3 heterocycles. The maximum absolute atomic E-state index is 9.73. The van der Waals surface area contributed by atoms with Gasteiger partial charge in [-0.1, -0.05) is 17.0 Å². The van der Waals surface area contributed by atoms with E-state index in [1.54, 1.807) is 13.1 Å². The second-order valence-corrected chi connectivity index (χ2v) is 6.35. The first-order valence-corrected chi connectivity index (χ1v) is 8.53. The van der Waals surface area contributed by atoms with E-state index in [0.29, 0.717) is 24.0 Å². The molecule has 1 aromatic carbocycles. The Hall–Kier alpha value is -2.88. The molecule has 3 aromatic rings. The zero-order chi connectivity index (χ0) is 17.9. The number of imidazole rings is 1. The molecule has 6 nitrogen and oxygen atoms in total. The van der Waals surface area contributed by atoms with Crippen LogP contribution in [0.15, 0.2) is 47.2 Å². The van der Waals surface area contributed by atoms with Gasteiger partial charge in [0, 0.05) is 29.6 Å². The minimum absolute atomic E-state index is 0.362. The van der Waals surface area contributed by atoms with E-state index in [2.05, 4.69) is 22.0 Å². The first-order chi connectivity index (χ1) is 12.7. The Morgan fingerprint density at radius 3 is 2.81 bits per heavy atom. The molecule has 0 amide bonds. The average molecular weight is 349 g/mol. The molecule has 4 rings (SSSR count). The van der Waals surface area contributed by atoms with Crippen LogP contribution in [-0.2, 0) is 11.3 Å². The van der Waals surface area contributed by atoms with Crippen molar-refractivity contribution in [3.8, 4) is 23.2 Å². The molecule has 1 aliphatic rings. The van der Waals surface area contributed by atoms with Gasteiger partial charge in [0.1, 0.15) is 17.6 Å². The molecule has 0 spiro atoms. The van der Waals surface area contributed by atoms with E-state index in [9.17, 15) is 5.11 Å². The van der Waals surface area contributed by atoms with Gasteiger partial charge >= 0.3 is 0 Å². The minimum Gasteiger partial charge on any atom is -0.385 e. The highest BCUT2D eigenvalue weighted by molar-refractivity contribution is 5.59. The van der Waals surface area contributed by atoms with E-state index in [1.165, 1.54) is 0 Å². The molecule has 1 N–H and O–H groups in total. The summed E-state index contributed by atoms with van der Waals surface area (Å²) in [7, 11) is 0. The summed E-state index contributed by atoms with van der Waals surface area (Å²) in [5.41, 5.74) is 2.69. The van der Waals surface area contributed by atoms with Gasteiger partial charge in [-0.2, -0.15) is 0 Å². The monoisotopic (exact) mass is 349 g/mol. The second-order valence-electron chi connectivity index (χ2n) is 6.35. The first kappa shape index (κ1) is 16.6. The lowest BCUT2D eigenvalue weighted by Gasteiger charge is -2.19. The highest BCUT2D eigenvalue weighted by Gasteiger charge is 2.15. The molecule has 0 saturated carbocycles. The van der Waals surface area contributed by atoms with Gasteiger partial charge in [-0.3, -0.25) is 0 Å². The number of hydrogen-bond donors (Lipinski definition) is 1. The third-order valence-corrected chi connectivity index (χ3v) is 4.24. The highest BCUT2D eigenvalue weighted by Crippen LogP contribution is 2.22. The normalized spacial score (nSPS) is 15.2. The summed E-state index contributed by atoms with van der Waals surface area (Å²) in [6.45, 7) is 3.66. The topological polar surface area (TPSA) is 73.3 Å². The first-order valence-electron chi connectivity index (χ1n) is 8.53. The molecular weight excluding hydrogens is 330 g/mol. The zero-order valence-electron chi connectivity index (χ0n) is 14.4. The minimum atomic E-state index is -0.628.